The third-order valence-corrected chi connectivity index (χ3v) is 5.49. The van der Waals surface area contributed by atoms with Gasteiger partial charge in [0.2, 0.25) is 0 Å². The second-order valence-corrected chi connectivity index (χ2v) is 9.50. The van der Waals surface area contributed by atoms with Crippen molar-refractivity contribution in [1.29, 1.82) is 0 Å². The van der Waals surface area contributed by atoms with E-state index < -0.39 is 0 Å². The number of aryl methyl sites for hydroxylation is 1. The molecule has 0 bridgehead atoms. The first-order chi connectivity index (χ1) is 15.7. The number of para-hydroxylation sites is 2. The molecule has 0 radical (unpaired) electrons. The number of amides is 1. The maximum atomic E-state index is 12.9. The second-order valence-electron chi connectivity index (χ2n) is 9.50. The van der Waals surface area contributed by atoms with Gasteiger partial charge < -0.3 is 20.5 Å². The number of nitrogens with zero attached hydrogens (tertiary/aromatic N) is 1. The highest BCUT2D eigenvalue weighted by atomic mass is 16.5. The summed E-state index contributed by atoms with van der Waals surface area (Å²) in [5.41, 5.74) is 5.55. The van der Waals surface area contributed by atoms with Crippen molar-refractivity contribution in [2.75, 3.05) is 10.6 Å². The topological polar surface area (TPSA) is 83.5 Å². The summed E-state index contributed by atoms with van der Waals surface area (Å²) in [5, 5.41) is 15.8. The third-order valence-electron chi connectivity index (χ3n) is 5.49. The number of aliphatic hydroxyl groups is 1. The molecule has 1 aromatic heterocycles. The van der Waals surface area contributed by atoms with Crippen LogP contribution in [0.1, 0.15) is 48.7 Å². The first-order valence-corrected chi connectivity index (χ1v) is 11.2. The molecule has 2 aromatic carbocycles. The summed E-state index contributed by atoms with van der Waals surface area (Å²) in [4.78, 5) is 17.4. The Morgan fingerprint density at radius 1 is 1.12 bits per heavy atom. The summed E-state index contributed by atoms with van der Waals surface area (Å²) in [6, 6.07) is 17.3. The summed E-state index contributed by atoms with van der Waals surface area (Å²) < 4.78 is 6.03. The molecule has 1 heterocycles. The zero-order valence-electron chi connectivity index (χ0n) is 19.6. The maximum Gasteiger partial charge on any atom is 0.255 e. The fraction of sp³-hybridized carbons (Fsp3) is 0.333. The molecule has 2 unspecified atom stereocenters. The van der Waals surface area contributed by atoms with Crippen molar-refractivity contribution >= 4 is 17.3 Å². The molecular formula is C27H31N3O3. The van der Waals surface area contributed by atoms with Gasteiger partial charge in [-0.1, -0.05) is 30.3 Å². The van der Waals surface area contributed by atoms with Gasteiger partial charge >= 0.3 is 0 Å². The van der Waals surface area contributed by atoms with Gasteiger partial charge in [0, 0.05) is 17.3 Å². The number of ether oxygens (including phenoxy) is 1. The number of nitrogens with one attached hydrogen (secondary N) is 2. The molecule has 1 amide bonds. The van der Waals surface area contributed by atoms with Crippen molar-refractivity contribution < 1.29 is 14.6 Å². The van der Waals surface area contributed by atoms with Crippen molar-refractivity contribution in [3.8, 4) is 11.3 Å². The van der Waals surface area contributed by atoms with Gasteiger partial charge in [0.15, 0.2) is 0 Å². The van der Waals surface area contributed by atoms with E-state index in [2.05, 4.69) is 36.4 Å². The molecule has 3 aromatic rings. The predicted octanol–water partition coefficient (Wildman–Crippen LogP) is 5.17. The van der Waals surface area contributed by atoms with Gasteiger partial charge in [-0.05, 0) is 69.5 Å². The summed E-state index contributed by atoms with van der Waals surface area (Å²) in [6.45, 7) is 8.10. The summed E-state index contributed by atoms with van der Waals surface area (Å²) in [5.74, 6) is -0.172. The molecule has 0 saturated heterocycles. The number of benzene rings is 2. The number of aromatic nitrogens is 1. The lowest BCUT2D eigenvalue weighted by atomic mass is 10.0. The lowest BCUT2D eigenvalue weighted by molar-refractivity contribution is -0.0164. The molecule has 4 rings (SSSR count). The summed E-state index contributed by atoms with van der Waals surface area (Å²) in [6.07, 6.45) is 2.81. The molecule has 0 aliphatic heterocycles. The Morgan fingerprint density at radius 3 is 2.45 bits per heavy atom. The van der Waals surface area contributed by atoms with E-state index in [1.54, 1.807) is 18.3 Å². The first kappa shape index (κ1) is 23.0. The summed E-state index contributed by atoms with van der Waals surface area (Å²) >= 11 is 0. The van der Waals surface area contributed by atoms with E-state index in [0.29, 0.717) is 5.56 Å². The number of hydrogen-bond acceptors (Lipinski definition) is 5. The minimum Gasteiger partial charge on any atom is -0.392 e. The smallest absolute Gasteiger partial charge is 0.255 e. The van der Waals surface area contributed by atoms with Crippen LogP contribution in [0.3, 0.4) is 0 Å². The highest BCUT2D eigenvalue weighted by Crippen LogP contribution is 2.35. The van der Waals surface area contributed by atoms with Crippen molar-refractivity contribution in [3.05, 3.63) is 77.5 Å². The molecule has 1 fully saturated rings. The average molecular weight is 446 g/mol. The van der Waals surface area contributed by atoms with Crippen LogP contribution in [-0.2, 0) is 11.3 Å². The van der Waals surface area contributed by atoms with Gasteiger partial charge in [0.05, 0.1) is 41.4 Å². The van der Waals surface area contributed by atoms with Crippen LogP contribution in [0.15, 0.2) is 60.8 Å². The number of anilines is 2. The normalized spacial score (nSPS) is 17.5. The Bertz CT molecular complexity index is 1140. The lowest BCUT2D eigenvalue weighted by Crippen LogP contribution is -2.23. The van der Waals surface area contributed by atoms with Gasteiger partial charge in [0.25, 0.3) is 5.91 Å². The zero-order valence-corrected chi connectivity index (χ0v) is 19.6. The first-order valence-electron chi connectivity index (χ1n) is 11.2. The SMILES string of the molecule is Cc1cc(CO)cnc1-c1ccc(C(=O)Nc2ccccc2NC2CC2OC(C)(C)C)cc1. The minimum absolute atomic E-state index is 0.0332. The monoisotopic (exact) mass is 445 g/mol. The van der Waals surface area contributed by atoms with Crippen molar-refractivity contribution in [1.82, 2.24) is 4.98 Å². The van der Waals surface area contributed by atoms with E-state index in [1.165, 1.54) is 0 Å². The summed E-state index contributed by atoms with van der Waals surface area (Å²) in [7, 11) is 0. The van der Waals surface area contributed by atoms with E-state index >= 15 is 0 Å². The highest BCUT2D eigenvalue weighted by molar-refractivity contribution is 6.06. The van der Waals surface area contributed by atoms with Crippen LogP contribution >= 0.6 is 0 Å². The van der Waals surface area contributed by atoms with Crippen LogP contribution in [-0.4, -0.2) is 33.7 Å². The largest absolute Gasteiger partial charge is 0.392 e. The zero-order chi connectivity index (χ0) is 23.6. The molecular weight excluding hydrogens is 414 g/mol. The molecule has 172 valence electrons. The van der Waals surface area contributed by atoms with Crippen LogP contribution in [0, 0.1) is 6.92 Å². The number of hydrogen-bond donors (Lipinski definition) is 3. The fourth-order valence-corrected chi connectivity index (χ4v) is 3.82. The number of aliphatic hydroxyl groups excluding tert-OH is 1. The third kappa shape index (κ3) is 5.78. The van der Waals surface area contributed by atoms with E-state index in [9.17, 15) is 9.90 Å². The van der Waals surface area contributed by atoms with E-state index in [0.717, 1.165) is 40.2 Å². The standard InChI is InChI=1S/C27H31N3O3/c1-17-13-18(16-31)15-28-25(17)19-9-11-20(12-10-19)26(32)30-22-8-6-5-7-21(22)29-23-14-24(23)33-27(2,3)4/h5-13,15,23-24,29,31H,14,16H2,1-4H3,(H,30,32). The molecule has 1 saturated carbocycles. The molecule has 1 aliphatic rings. The van der Waals surface area contributed by atoms with Crippen LogP contribution in [0.4, 0.5) is 11.4 Å². The molecule has 6 heteroatoms. The molecule has 33 heavy (non-hydrogen) atoms. The van der Waals surface area contributed by atoms with E-state index in [4.69, 9.17) is 4.74 Å². The fourth-order valence-electron chi connectivity index (χ4n) is 3.82. The highest BCUT2D eigenvalue weighted by Gasteiger charge is 2.41. The van der Waals surface area contributed by atoms with Gasteiger partial charge in [0.1, 0.15) is 0 Å². The van der Waals surface area contributed by atoms with Gasteiger partial charge in [-0.3, -0.25) is 9.78 Å². The van der Waals surface area contributed by atoms with Crippen LogP contribution < -0.4 is 10.6 Å². The van der Waals surface area contributed by atoms with E-state index in [-0.39, 0.29) is 30.3 Å². The van der Waals surface area contributed by atoms with Crippen molar-refractivity contribution in [2.24, 2.45) is 0 Å². The number of pyridine rings is 1. The number of carbonyl (C=O) groups excluding carboxylic acids is 1. The molecule has 3 N–H and O–H groups in total. The average Bonchev–Trinajstić information content (AvgIpc) is 3.50. The molecule has 2 atom stereocenters. The predicted molar refractivity (Wildman–Crippen MR) is 131 cm³/mol. The Kier molecular flexibility index (Phi) is 6.49. The lowest BCUT2D eigenvalue weighted by Gasteiger charge is -2.20. The molecule has 1 aliphatic carbocycles. The quantitative estimate of drug-likeness (QED) is 0.467. The number of carbonyl (C=O) groups is 1. The molecule has 0 spiro atoms. The Morgan fingerprint density at radius 2 is 1.82 bits per heavy atom. The maximum absolute atomic E-state index is 12.9. The van der Waals surface area contributed by atoms with Crippen LogP contribution in [0.25, 0.3) is 11.3 Å². The van der Waals surface area contributed by atoms with Crippen molar-refractivity contribution in [2.45, 2.75) is 58.5 Å². The van der Waals surface area contributed by atoms with Gasteiger partial charge in [-0.25, -0.2) is 0 Å². The van der Waals surface area contributed by atoms with E-state index in [1.807, 2.05) is 49.4 Å². The molecule has 6 nitrogen and oxygen atoms in total. The van der Waals surface area contributed by atoms with Gasteiger partial charge in [-0.15, -0.1) is 0 Å². The van der Waals surface area contributed by atoms with Crippen LogP contribution in [0.2, 0.25) is 0 Å². The van der Waals surface area contributed by atoms with Crippen molar-refractivity contribution in [3.63, 3.8) is 0 Å². The number of rotatable bonds is 7. The minimum atomic E-state index is -0.172. The van der Waals surface area contributed by atoms with Gasteiger partial charge in [-0.2, -0.15) is 0 Å². The van der Waals surface area contributed by atoms with Crippen LogP contribution in [0.5, 0.6) is 0 Å². The second kappa shape index (κ2) is 9.33. The Labute approximate surface area is 195 Å². The Hall–Kier alpha value is -3.22. The Balaban J connectivity index is 1.43.